The molecule has 7 nitrogen and oxygen atoms in total. The minimum Gasteiger partial charge on any atom is -0.369 e. The summed E-state index contributed by atoms with van der Waals surface area (Å²) in [5, 5.41) is 0. The van der Waals surface area contributed by atoms with E-state index in [0.717, 1.165) is 0 Å². The first-order valence-corrected chi connectivity index (χ1v) is 3.34. The number of hydrogen-bond acceptors (Lipinski definition) is 5. The molecule has 0 spiro atoms. The van der Waals surface area contributed by atoms with Gasteiger partial charge in [-0.05, 0) is 0 Å². The lowest BCUT2D eigenvalue weighted by atomic mass is 10.5. The van der Waals surface area contributed by atoms with Crippen LogP contribution in [0.4, 0.5) is 5.95 Å². The van der Waals surface area contributed by atoms with Gasteiger partial charge in [0.2, 0.25) is 5.95 Å². The Balaban J connectivity index is 3.04. The summed E-state index contributed by atoms with van der Waals surface area (Å²) in [5.41, 5.74) is 3.82. The van der Waals surface area contributed by atoms with Gasteiger partial charge in [0.05, 0.1) is 7.54 Å². The van der Waals surface area contributed by atoms with E-state index in [1.807, 2.05) is 0 Å². The van der Waals surface area contributed by atoms with Gasteiger partial charge in [-0.15, -0.1) is 0 Å². The van der Waals surface area contributed by atoms with Gasteiger partial charge in [-0.25, -0.2) is 4.98 Å². The lowest BCUT2D eigenvalue weighted by Gasteiger charge is -1.95. The fraction of sp³-hybridized carbons (Fsp3) is 0. The van der Waals surface area contributed by atoms with E-state index in [1.165, 1.54) is 0 Å². The summed E-state index contributed by atoms with van der Waals surface area (Å²) >= 11 is 0. The number of nitrogens with two attached hydrogens (primary N) is 1. The third-order valence-electron chi connectivity index (χ3n) is 1.41. The maximum absolute atomic E-state index is 11.2. The number of H-pyrrole nitrogens is 2. The normalized spacial score (nSPS) is 11.5. The van der Waals surface area contributed by atoms with Crippen LogP contribution in [0.15, 0.2) is 15.8 Å². The summed E-state index contributed by atoms with van der Waals surface area (Å²) in [6.45, 7) is 0. The van der Waals surface area contributed by atoms with Crippen LogP contribution >= 0.6 is 0 Å². The molecule has 0 unspecified atom stereocenters. The molecule has 0 aliphatic heterocycles. The SMILES string of the molecule is [2H]c1nc2c(=O)[nH]c(N)nc2[nH]c1=O. The highest BCUT2D eigenvalue weighted by atomic mass is 16.1. The van der Waals surface area contributed by atoms with Gasteiger partial charge in [-0.3, -0.25) is 14.6 Å². The van der Waals surface area contributed by atoms with Gasteiger partial charge in [0.25, 0.3) is 11.1 Å². The molecular formula is C6H5N5O2. The Bertz CT molecular complexity index is 616. The number of nitrogen functional groups attached to an aromatic ring is 1. The second kappa shape index (κ2) is 2.41. The Morgan fingerprint density at radius 3 is 3.00 bits per heavy atom. The van der Waals surface area contributed by atoms with E-state index in [2.05, 4.69) is 19.9 Å². The Labute approximate surface area is 72.1 Å². The molecule has 13 heavy (non-hydrogen) atoms. The second-order valence-corrected chi connectivity index (χ2v) is 2.33. The molecule has 0 atom stereocenters. The summed E-state index contributed by atoms with van der Waals surface area (Å²) in [6.07, 6.45) is -0.533. The molecule has 0 amide bonds. The number of nitrogens with one attached hydrogen (secondary N) is 2. The largest absolute Gasteiger partial charge is 0.369 e. The van der Waals surface area contributed by atoms with Crippen molar-refractivity contribution in [3.05, 3.63) is 26.9 Å². The average molecular weight is 180 g/mol. The molecule has 0 aliphatic carbocycles. The van der Waals surface area contributed by atoms with Gasteiger partial charge >= 0.3 is 0 Å². The van der Waals surface area contributed by atoms with Crippen molar-refractivity contribution >= 4 is 17.1 Å². The van der Waals surface area contributed by atoms with Gasteiger partial charge in [0.15, 0.2) is 11.2 Å². The first kappa shape index (κ1) is 6.35. The van der Waals surface area contributed by atoms with Crippen molar-refractivity contribution < 1.29 is 1.37 Å². The van der Waals surface area contributed by atoms with Gasteiger partial charge < -0.3 is 10.7 Å². The predicted octanol–water partition coefficient (Wildman–Crippen LogP) is -1.41. The third kappa shape index (κ3) is 1.15. The standard InChI is InChI=1S/C6H5N5O2/c7-6-10-4-3(5(13)11-6)8-1-2(12)9-4/h1H,(H4,7,9,10,11,12,13)/i1D. The summed E-state index contributed by atoms with van der Waals surface area (Å²) in [6, 6.07) is 0. The van der Waals surface area contributed by atoms with Crippen LogP contribution in [0, 0.1) is 0 Å². The second-order valence-electron chi connectivity index (χ2n) is 2.33. The summed E-state index contributed by atoms with van der Waals surface area (Å²) < 4.78 is 7.09. The Hall–Kier alpha value is -2.18. The topological polar surface area (TPSA) is 118 Å². The molecule has 0 bridgehead atoms. The minimum atomic E-state index is -0.713. The fourth-order valence-corrected chi connectivity index (χ4v) is 0.917. The molecule has 0 saturated heterocycles. The van der Waals surface area contributed by atoms with Crippen molar-refractivity contribution in [1.29, 1.82) is 0 Å². The molecule has 2 heterocycles. The predicted molar refractivity (Wildman–Crippen MR) is 45.2 cm³/mol. The lowest BCUT2D eigenvalue weighted by Crippen LogP contribution is -2.17. The van der Waals surface area contributed by atoms with Crippen molar-refractivity contribution in [1.82, 2.24) is 19.9 Å². The molecular weight excluding hydrogens is 174 g/mol. The summed E-state index contributed by atoms with van der Waals surface area (Å²) in [5.74, 6) is -0.113. The van der Waals surface area contributed by atoms with E-state index < -0.39 is 17.3 Å². The smallest absolute Gasteiger partial charge is 0.280 e. The van der Waals surface area contributed by atoms with Crippen LogP contribution in [-0.4, -0.2) is 19.9 Å². The van der Waals surface area contributed by atoms with Crippen molar-refractivity contribution in [2.24, 2.45) is 0 Å². The highest BCUT2D eigenvalue weighted by molar-refractivity contribution is 5.68. The van der Waals surface area contributed by atoms with Crippen molar-refractivity contribution in [2.45, 2.75) is 0 Å². The molecule has 0 aromatic carbocycles. The van der Waals surface area contributed by atoms with Crippen molar-refractivity contribution in [2.75, 3.05) is 5.73 Å². The van der Waals surface area contributed by atoms with Gasteiger partial charge in [0, 0.05) is 0 Å². The molecule has 2 aromatic rings. The van der Waals surface area contributed by atoms with E-state index in [9.17, 15) is 9.59 Å². The van der Waals surface area contributed by atoms with Crippen LogP contribution in [-0.2, 0) is 0 Å². The zero-order valence-electron chi connectivity index (χ0n) is 7.29. The molecule has 0 saturated carbocycles. The van der Waals surface area contributed by atoms with Crippen LogP contribution in [0.25, 0.3) is 11.2 Å². The minimum absolute atomic E-state index is 0.0211. The van der Waals surface area contributed by atoms with Gasteiger partial charge in [0.1, 0.15) is 0 Å². The molecule has 0 aliphatic rings. The van der Waals surface area contributed by atoms with Gasteiger partial charge in [-0.2, -0.15) is 4.98 Å². The average Bonchev–Trinajstić information content (AvgIpc) is 2.08. The van der Waals surface area contributed by atoms with E-state index in [0.29, 0.717) is 0 Å². The zero-order chi connectivity index (χ0) is 10.3. The first-order valence-electron chi connectivity index (χ1n) is 3.84. The number of rotatable bonds is 0. The van der Waals surface area contributed by atoms with E-state index in [-0.39, 0.29) is 17.1 Å². The Morgan fingerprint density at radius 1 is 1.46 bits per heavy atom. The Morgan fingerprint density at radius 2 is 2.23 bits per heavy atom. The number of aromatic amines is 2. The molecule has 7 heteroatoms. The summed E-state index contributed by atoms with van der Waals surface area (Å²) in [4.78, 5) is 33.7. The van der Waals surface area contributed by atoms with Crippen molar-refractivity contribution in [3.63, 3.8) is 0 Å². The third-order valence-corrected chi connectivity index (χ3v) is 1.41. The fourth-order valence-electron chi connectivity index (χ4n) is 0.917. The van der Waals surface area contributed by atoms with Crippen LogP contribution in [0.3, 0.4) is 0 Å². The molecule has 0 radical (unpaired) electrons. The monoisotopic (exact) mass is 180 g/mol. The lowest BCUT2D eigenvalue weighted by molar-refractivity contribution is 1.10. The number of hydrogen-bond donors (Lipinski definition) is 3. The van der Waals surface area contributed by atoms with Crippen LogP contribution in [0.5, 0.6) is 0 Å². The first-order chi connectivity index (χ1) is 6.58. The van der Waals surface area contributed by atoms with Crippen LogP contribution in [0.1, 0.15) is 1.37 Å². The quantitative estimate of drug-likeness (QED) is 0.460. The number of aromatic nitrogens is 4. The molecule has 4 N–H and O–H groups in total. The highest BCUT2D eigenvalue weighted by Crippen LogP contribution is 1.95. The highest BCUT2D eigenvalue weighted by Gasteiger charge is 2.02. The van der Waals surface area contributed by atoms with E-state index in [4.69, 9.17) is 7.10 Å². The van der Waals surface area contributed by atoms with E-state index in [1.54, 1.807) is 0 Å². The number of nitrogens with zero attached hydrogens (tertiary/aromatic N) is 2. The Kier molecular flexibility index (Phi) is 1.17. The van der Waals surface area contributed by atoms with Crippen LogP contribution < -0.4 is 16.9 Å². The zero-order valence-corrected chi connectivity index (χ0v) is 6.29. The van der Waals surface area contributed by atoms with E-state index >= 15 is 0 Å². The molecule has 0 fully saturated rings. The van der Waals surface area contributed by atoms with Crippen LogP contribution in [0.2, 0.25) is 0 Å². The summed E-state index contributed by atoms with van der Waals surface area (Å²) in [7, 11) is 0. The van der Waals surface area contributed by atoms with Crippen molar-refractivity contribution in [3.8, 4) is 0 Å². The maximum atomic E-state index is 11.2. The molecule has 2 aromatic heterocycles. The number of fused-ring (bicyclic) bond motifs is 1. The molecule has 66 valence electrons. The van der Waals surface area contributed by atoms with Gasteiger partial charge in [-0.1, -0.05) is 0 Å². The number of anilines is 1. The maximum Gasteiger partial charge on any atom is 0.280 e. The molecule has 2 rings (SSSR count).